The molecule has 2 unspecified atom stereocenters. The number of benzene rings is 1. The van der Waals surface area contributed by atoms with Gasteiger partial charge in [-0.05, 0) is 24.6 Å². The van der Waals surface area contributed by atoms with E-state index in [4.69, 9.17) is 16.3 Å². The second kappa shape index (κ2) is 8.24. The molecule has 2 saturated heterocycles. The van der Waals surface area contributed by atoms with E-state index in [0.29, 0.717) is 50.1 Å². The van der Waals surface area contributed by atoms with Gasteiger partial charge < -0.3 is 14.5 Å². The fourth-order valence-electron chi connectivity index (χ4n) is 3.50. The van der Waals surface area contributed by atoms with Gasteiger partial charge in [0.1, 0.15) is 5.75 Å². The van der Waals surface area contributed by atoms with E-state index in [0.717, 1.165) is 5.56 Å². The van der Waals surface area contributed by atoms with Crippen molar-refractivity contribution in [2.75, 3.05) is 39.3 Å². The lowest BCUT2D eigenvalue weighted by atomic mass is 9.93. The first-order valence-corrected chi connectivity index (χ1v) is 9.34. The molecule has 8 heteroatoms. The van der Waals surface area contributed by atoms with Gasteiger partial charge in [0, 0.05) is 39.6 Å². The van der Waals surface area contributed by atoms with Gasteiger partial charge in [-0.3, -0.25) is 15.0 Å². The van der Waals surface area contributed by atoms with Crippen molar-refractivity contribution in [2.24, 2.45) is 5.92 Å². The molecule has 0 bridgehead atoms. The van der Waals surface area contributed by atoms with Crippen molar-refractivity contribution >= 4 is 23.4 Å². The number of carbonyl (C=O) groups excluding carboxylic acids is 2. The van der Waals surface area contributed by atoms with Crippen LogP contribution in [0.25, 0.3) is 0 Å². The van der Waals surface area contributed by atoms with Crippen LogP contribution in [0.2, 0.25) is 5.02 Å². The highest BCUT2D eigenvalue weighted by Crippen LogP contribution is 2.32. The Morgan fingerprint density at radius 2 is 1.92 bits per heavy atom. The first-order chi connectivity index (χ1) is 12.5. The van der Waals surface area contributed by atoms with E-state index in [9.17, 15) is 9.59 Å². The summed E-state index contributed by atoms with van der Waals surface area (Å²) < 4.78 is 5.48. The van der Waals surface area contributed by atoms with Gasteiger partial charge in [0.05, 0.1) is 23.6 Å². The smallest absolute Gasteiger partial charge is 0.229 e. The van der Waals surface area contributed by atoms with E-state index in [1.165, 1.54) is 0 Å². The summed E-state index contributed by atoms with van der Waals surface area (Å²) >= 11 is 6.30. The summed E-state index contributed by atoms with van der Waals surface area (Å²) in [5.41, 5.74) is 7.23. The van der Waals surface area contributed by atoms with Crippen LogP contribution in [0.5, 0.6) is 5.75 Å². The molecular formula is C18H25ClN4O3. The highest BCUT2D eigenvalue weighted by Gasteiger charge is 2.37. The van der Waals surface area contributed by atoms with Gasteiger partial charge in [0.15, 0.2) is 0 Å². The first-order valence-electron chi connectivity index (χ1n) is 8.96. The van der Waals surface area contributed by atoms with Gasteiger partial charge in [0.2, 0.25) is 11.8 Å². The van der Waals surface area contributed by atoms with Crippen molar-refractivity contribution in [3.05, 3.63) is 28.8 Å². The summed E-state index contributed by atoms with van der Waals surface area (Å²) in [6.45, 7) is 6.91. The van der Waals surface area contributed by atoms with Gasteiger partial charge in [-0.25, -0.2) is 5.43 Å². The summed E-state index contributed by atoms with van der Waals surface area (Å²) in [6, 6.07) is 5.48. The molecule has 1 aromatic rings. The Bertz CT molecular complexity index is 676. The molecule has 2 N–H and O–H groups in total. The Hall–Kier alpha value is -1.83. The minimum absolute atomic E-state index is 0.0585. The highest BCUT2D eigenvalue weighted by molar-refractivity contribution is 6.32. The Morgan fingerprint density at radius 1 is 1.23 bits per heavy atom. The predicted molar refractivity (Wildman–Crippen MR) is 98.8 cm³/mol. The summed E-state index contributed by atoms with van der Waals surface area (Å²) in [4.78, 5) is 28.1. The number of halogens is 1. The molecule has 2 heterocycles. The Morgan fingerprint density at radius 3 is 2.54 bits per heavy atom. The van der Waals surface area contributed by atoms with E-state index >= 15 is 0 Å². The van der Waals surface area contributed by atoms with Crippen LogP contribution < -0.4 is 15.6 Å². The summed E-state index contributed by atoms with van der Waals surface area (Å²) in [5.74, 6) is 0.587. The Labute approximate surface area is 158 Å². The third-order valence-corrected chi connectivity index (χ3v) is 5.25. The van der Waals surface area contributed by atoms with Crippen LogP contribution in [0.15, 0.2) is 18.2 Å². The van der Waals surface area contributed by atoms with Crippen molar-refractivity contribution in [1.29, 1.82) is 0 Å². The van der Waals surface area contributed by atoms with Crippen molar-refractivity contribution in [2.45, 2.75) is 19.9 Å². The number of amides is 2. The van der Waals surface area contributed by atoms with Gasteiger partial charge >= 0.3 is 0 Å². The maximum absolute atomic E-state index is 13.0. The normalized spacial score (nSPS) is 23.2. The van der Waals surface area contributed by atoms with Crippen LogP contribution in [0.3, 0.4) is 0 Å². The van der Waals surface area contributed by atoms with E-state index in [-0.39, 0.29) is 23.8 Å². The molecule has 2 amide bonds. The molecule has 0 aliphatic carbocycles. The molecule has 2 fully saturated rings. The number of nitrogens with zero attached hydrogens (tertiary/aromatic N) is 2. The molecule has 2 atom stereocenters. The summed E-state index contributed by atoms with van der Waals surface area (Å²) in [5, 5.41) is 0.541. The van der Waals surface area contributed by atoms with Gasteiger partial charge in [-0.2, -0.15) is 0 Å². The second-order valence-electron chi connectivity index (χ2n) is 6.56. The minimum atomic E-state index is -0.215. The van der Waals surface area contributed by atoms with E-state index < -0.39 is 0 Å². The Balaban J connectivity index is 1.69. The molecule has 1 aromatic carbocycles. The minimum Gasteiger partial charge on any atom is -0.492 e. The molecule has 26 heavy (non-hydrogen) atoms. The van der Waals surface area contributed by atoms with Crippen LogP contribution in [0.4, 0.5) is 0 Å². The predicted octanol–water partition coefficient (Wildman–Crippen LogP) is 1.19. The number of rotatable bonds is 4. The zero-order valence-corrected chi connectivity index (χ0v) is 15.9. The number of ether oxygens (including phenoxy) is 1. The second-order valence-corrected chi connectivity index (χ2v) is 6.97. The maximum Gasteiger partial charge on any atom is 0.229 e. The zero-order chi connectivity index (χ0) is 18.7. The zero-order valence-electron chi connectivity index (χ0n) is 15.1. The van der Waals surface area contributed by atoms with Crippen molar-refractivity contribution < 1.29 is 14.3 Å². The van der Waals surface area contributed by atoms with Gasteiger partial charge in [0.25, 0.3) is 0 Å². The molecule has 2 aliphatic heterocycles. The standard InChI is InChI=1S/C18H25ClN4O3/c1-3-26-16-5-4-13(10-15(16)19)17-14(11-20-21-17)18(25)23-8-6-22(7-9-23)12(2)24/h4-5,10,14,17,20-21H,3,6-9,11H2,1-2H3. The van der Waals surface area contributed by atoms with Crippen molar-refractivity contribution in [1.82, 2.24) is 20.7 Å². The van der Waals surface area contributed by atoms with Crippen LogP contribution in [0, 0.1) is 5.92 Å². The van der Waals surface area contributed by atoms with E-state index in [1.54, 1.807) is 11.8 Å². The number of hydrogen-bond acceptors (Lipinski definition) is 5. The van der Waals surface area contributed by atoms with Crippen LogP contribution >= 0.6 is 11.6 Å². The first kappa shape index (κ1) is 18.9. The lowest BCUT2D eigenvalue weighted by Crippen LogP contribution is -2.52. The van der Waals surface area contributed by atoms with Crippen LogP contribution in [-0.4, -0.2) is 60.9 Å². The number of hydrazine groups is 1. The number of nitrogens with one attached hydrogen (secondary N) is 2. The Kier molecular flexibility index (Phi) is 6.01. The lowest BCUT2D eigenvalue weighted by Gasteiger charge is -2.36. The quantitative estimate of drug-likeness (QED) is 0.821. The third kappa shape index (κ3) is 3.95. The molecule has 0 aromatic heterocycles. The summed E-state index contributed by atoms with van der Waals surface area (Å²) in [6.07, 6.45) is 0. The monoisotopic (exact) mass is 380 g/mol. The average molecular weight is 381 g/mol. The van der Waals surface area contributed by atoms with Crippen molar-refractivity contribution in [3.63, 3.8) is 0 Å². The molecular weight excluding hydrogens is 356 g/mol. The lowest BCUT2D eigenvalue weighted by molar-refractivity contribution is -0.141. The molecule has 0 spiro atoms. The van der Waals surface area contributed by atoms with Crippen LogP contribution in [-0.2, 0) is 9.59 Å². The fourth-order valence-corrected chi connectivity index (χ4v) is 3.75. The number of piperazine rings is 1. The van der Waals surface area contributed by atoms with Gasteiger partial charge in [-0.1, -0.05) is 17.7 Å². The topological polar surface area (TPSA) is 73.9 Å². The maximum atomic E-state index is 13.0. The molecule has 2 aliphatic rings. The molecule has 0 saturated carbocycles. The molecule has 142 valence electrons. The number of carbonyl (C=O) groups is 2. The largest absolute Gasteiger partial charge is 0.492 e. The highest BCUT2D eigenvalue weighted by atomic mass is 35.5. The van der Waals surface area contributed by atoms with E-state index in [2.05, 4.69) is 10.9 Å². The molecule has 0 radical (unpaired) electrons. The molecule has 3 rings (SSSR count). The van der Waals surface area contributed by atoms with Crippen LogP contribution in [0.1, 0.15) is 25.5 Å². The molecule has 7 nitrogen and oxygen atoms in total. The third-order valence-electron chi connectivity index (χ3n) is 4.95. The SMILES string of the molecule is CCOc1ccc(C2NNCC2C(=O)N2CCN(C(C)=O)CC2)cc1Cl. The fraction of sp³-hybridized carbons (Fsp3) is 0.556. The number of hydrogen-bond donors (Lipinski definition) is 2. The average Bonchev–Trinajstić information content (AvgIpc) is 3.12. The van der Waals surface area contributed by atoms with Gasteiger partial charge in [-0.15, -0.1) is 0 Å². The summed E-state index contributed by atoms with van der Waals surface area (Å²) in [7, 11) is 0. The van der Waals surface area contributed by atoms with Crippen molar-refractivity contribution in [3.8, 4) is 5.75 Å². The van der Waals surface area contributed by atoms with E-state index in [1.807, 2.05) is 30.0 Å².